The lowest BCUT2D eigenvalue weighted by Gasteiger charge is -2.21. The molecule has 1 aromatic carbocycles. The van der Waals surface area contributed by atoms with Gasteiger partial charge in [-0.25, -0.2) is 4.39 Å². The Morgan fingerprint density at radius 1 is 1.44 bits per heavy atom. The minimum Gasteiger partial charge on any atom is -0.382 e. The van der Waals surface area contributed by atoms with Gasteiger partial charge in [0.25, 0.3) is 0 Å². The first-order valence-corrected chi connectivity index (χ1v) is 6.65. The Kier molecular flexibility index (Phi) is 6.61. The first-order valence-electron chi connectivity index (χ1n) is 6.27. The Bertz CT molecular complexity index is 373. The predicted molar refractivity (Wildman–Crippen MR) is 73.7 cm³/mol. The summed E-state index contributed by atoms with van der Waals surface area (Å²) in [5, 5.41) is 3.61. The van der Waals surface area contributed by atoms with E-state index in [2.05, 4.69) is 12.2 Å². The quantitative estimate of drug-likeness (QED) is 0.822. The van der Waals surface area contributed by atoms with Crippen molar-refractivity contribution in [3.63, 3.8) is 0 Å². The van der Waals surface area contributed by atoms with Crippen molar-refractivity contribution in [3.05, 3.63) is 34.6 Å². The predicted octanol–water partition coefficient (Wildman–Crippen LogP) is 3.42. The van der Waals surface area contributed by atoms with Gasteiger partial charge >= 0.3 is 0 Å². The molecule has 102 valence electrons. The van der Waals surface area contributed by atoms with E-state index in [1.54, 1.807) is 13.2 Å². The number of rotatable bonds is 7. The summed E-state index contributed by atoms with van der Waals surface area (Å²) in [6.07, 6.45) is 1.75. The normalized spacial score (nSPS) is 14.5. The maximum absolute atomic E-state index is 13.4. The van der Waals surface area contributed by atoms with Crippen LogP contribution in [0.25, 0.3) is 0 Å². The van der Waals surface area contributed by atoms with Crippen LogP contribution < -0.4 is 5.32 Å². The fourth-order valence-corrected chi connectivity index (χ4v) is 2.20. The molecule has 0 aliphatic rings. The highest BCUT2D eigenvalue weighted by Crippen LogP contribution is 2.22. The summed E-state index contributed by atoms with van der Waals surface area (Å²) in [6.45, 7) is 4.95. The van der Waals surface area contributed by atoms with E-state index >= 15 is 0 Å². The van der Waals surface area contributed by atoms with E-state index in [0.717, 1.165) is 18.5 Å². The summed E-state index contributed by atoms with van der Waals surface area (Å²) in [5.74, 6) is -0.357. The third-order valence-corrected chi connectivity index (χ3v) is 3.43. The number of hydrogen-bond donors (Lipinski definition) is 1. The van der Waals surface area contributed by atoms with E-state index in [1.165, 1.54) is 6.07 Å². The highest BCUT2D eigenvalue weighted by molar-refractivity contribution is 6.31. The van der Waals surface area contributed by atoms with Gasteiger partial charge in [-0.3, -0.25) is 0 Å². The molecular formula is C14H21ClFNO. The summed E-state index contributed by atoms with van der Waals surface area (Å²) in [7, 11) is 1.70. The molecule has 4 heteroatoms. The van der Waals surface area contributed by atoms with Gasteiger partial charge in [0, 0.05) is 13.2 Å². The molecular weight excluding hydrogens is 253 g/mol. The first-order chi connectivity index (χ1) is 8.58. The van der Waals surface area contributed by atoms with Gasteiger partial charge in [0.2, 0.25) is 0 Å². The van der Waals surface area contributed by atoms with Crippen LogP contribution in [0.2, 0.25) is 5.02 Å². The summed E-state index contributed by atoms with van der Waals surface area (Å²) in [4.78, 5) is 0. The second-order valence-electron chi connectivity index (χ2n) is 4.45. The van der Waals surface area contributed by atoms with Gasteiger partial charge in [0.05, 0.1) is 11.1 Å². The van der Waals surface area contributed by atoms with Crippen LogP contribution in [0.5, 0.6) is 0 Å². The molecule has 1 rings (SSSR count). The molecule has 0 aliphatic carbocycles. The van der Waals surface area contributed by atoms with Gasteiger partial charge in [-0.15, -0.1) is 0 Å². The van der Waals surface area contributed by atoms with Crippen LogP contribution in [0.4, 0.5) is 4.39 Å². The Hall–Kier alpha value is -0.640. The van der Waals surface area contributed by atoms with Gasteiger partial charge in [0.15, 0.2) is 0 Å². The molecule has 2 atom stereocenters. The molecule has 0 aromatic heterocycles. The van der Waals surface area contributed by atoms with Crippen molar-refractivity contribution in [2.24, 2.45) is 0 Å². The fourth-order valence-electron chi connectivity index (χ4n) is 2.00. The topological polar surface area (TPSA) is 21.3 Å². The Morgan fingerprint density at radius 3 is 2.78 bits per heavy atom. The van der Waals surface area contributed by atoms with E-state index in [1.807, 2.05) is 13.0 Å². The Labute approximate surface area is 113 Å². The lowest BCUT2D eigenvalue weighted by Crippen LogP contribution is -2.34. The molecule has 2 unspecified atom stereocenters. The van der Waals surface area contributed by atoms with Gasteiger partial charge < -0.3 is 10.1 Å². The average molecular weight is 274 g/mol. The van der Waals surface area contributed by atoms with Crippen LogP contribution in [0.3, 0.4) is 0 Å². The van der Waals surface area contributed by atoms with Crippen molar-refractivity contribution in [3.8, 4) is 0 Å². The van der Waals surface area contributed by atoms with Crippen molar-refractivity contribution in [1.82, 2.24) is 5.32 Å². The largest absolute Gasteiger partial charge is 0.382 e. The first kappa shape index (κ1) is 15.4. The zero-order chi connectivity index (χ0) is 13.5. The van der Waals surface area contributed by atoms with E-state index in [0.29, 0.717) is 6.42 Å². The maximum Gasteiger partial charge on any atom is 0.142 e. The monoisotopic (exact) mass is 273 g/mol. The average Bonchev–Trinajstić information content (AvgIpc) is 2.35. The summed E-state index contributed by atoms with van der Waals surface area (Å²) < 4.78 is 18.6. The zero-order valence-electron chi connectivity index (χ0n) is 11.2. The van der Waals surface area contributed by atoms with Crippen LogP contribution in [0.15, 0.2) is 18.2 Å². The molecule has 18 heavy (non-hydrogen) atoms. The molecule has 0 amide bonds. The number of methoxy groups -OCH3 is 1. The molecule has 0 fully saturated rings. The van der Waals surface area contributed by atoms with Crippen LogP contribution in [0.1, 0.15) is 25.8 Å². The molecule has 0 spiro atoms. The molecule has 1 N–H and O–H groups in total. The third-order valence-electron chi connectivity index (χ3n) is 3.01. The van der Waals surface area contributed by atoms with Crippen LogP contribution in [-0.4, -0.2) is 25.8 Å². The number of likely N-dealkylation sites (N-methyl/N-ethyl adjacent to an activating group) is 1. The van der Waals surface area contributed by atoms with E-state index in [-0.39, 0.29) is 23.0 Å². The molecule has 0 radical (unpaired) electrons. The van der Waals surface area contributed by atoms with Crippen molar-refractivity contribution < 1.29 is 9.13 Å². The lowest BCUT2D eigenvalue weighted by molar-refractivity contribution is 0.101. The Balaban J connectivity index is 2.73. The summed E-state index contributed by atoms with van der Waals surface area (Å²) in [6, 6.07) is 5.18. The number of nitrogens with one attached hydrogen (secondary N) is 1. The second kappa shape index (κ2) is 7.72. The van der Waals surface area contributed by atoms with Crippen LogP contribution >= 0.6 is 11.6 Å². The molecule has 0 saturated heterocycles. The van der Waals surface area contributed by atoms with E-state index < -0.39 is 0 Å². The number of ether oxygens (including phenoxy) is 1. The van der Waals surface area contributed by atoms with Gasteiger partial charge in [0.1, 0.15) is 5.82 Å². The molecule has 2 nitrogen and oxygen atoms in total. The molecule has 0 aliphatic heterocycles. The third kappa shape index (κ3) is 4.56. The van der Waals surface area contributed by atoms with Crippen LogP contribution in [0, 0.1) is 5.82 Å². The maximum atomic E-state index is 13.4. The molecule has 0 saturated carbocycles. The minimum absolute atomic E-state index is 0.168. The molecule has 0 heterocycles. The highest BCUT2D eigenvalue weighted by atomic mass is 35.5. The summed E-state index contributed by atoms with van der Waals surface area (Å²) >= 11 is 5.97. The second-order valence-corrected chi connectivity index (χ2v) is 4.83. The van der Waals surface area contributed by atoms with Crippen molar-refractivity contribution in [2.75, 3.05) is 13.7 Å². The summed E-state index contributed by atoms with van der Waals surface area (Å²) in [5.41, 5.74) is 0.839. The number of halogens is 2. The zero-order valence-corrected chi connectivity index (χ0v) is 11.9. The molecule has 0 bridgehead atoms. The van der Waals surface area contributed by atoms with Crippen molar-refractivity contribution in [1.29, 1.82) is 0 Å². The number of hydrogen-bond acceptors (Lipinski definition) is 2. The Morgan fingerprint density at radius 2 is 2.17 bits per heavy atom. The smallest absolute Gasteiger partial charge is 0.142 e. The van der Waals surface area contributed by atoms with Crippen LogP contribution in [-0.2, 0) is 11.2 Å². The van der Waals surface area contributed by atoms with E-state index in [9.17, 15) is 4.39 Å². The minimum atomic E-state index is -0.357. The van der Waals surface area contributed by atoms with E-state index in [4.69, 9.17) is 16.3 Å². The number of benzene rings is 1. The molecule has 1 aromatic rings. The van der Waals surface area contributed by atoms with Gasteiger partial charge in [-0.1, -0.05) is 30.7 Å². The van der Waals surface area contributed by atoms with Gasteiger partial charge in [-0.2, -0.15) is 0 Å². The van der Waals surface area contributed by atoms with Crippen molar-refractivity contribution in [2.45, 2.75) is 38.8 Å². The fraction of sp³-hybridized carbons (Fsp3) is 0.571. The van der Waals surface area contributed by atoms with Crippen molar-refractivity contribution >= 4 is 11.6 Å². The highest BCUT2D eigenvalue weighted by Gasteiger charge is 2.15. The van der Waals surface area contributed by atoms with Gasteiger partial charge in [-0.05, 0) is 37.9 Å². The lowest BCUT2D eigenvalue weighted by atomic mass is 10.0. The SMILES string of the molecule is CCNC(Cc1cccc(F)c1Cl)CC(C)OC. The standard InChI is InChI=1S/C14H21ClFNO/c1-4-17-12(8-10(2)18-3)9-11-6-5-7-13(16)14(11)15/h5-7,10,12,17H,4,8-9H2,1-3H3.